The van der Waals surface area contributed by atoms with E-state index in [0.717, 1.165) is 17.0 Å². The molecular weight excluding hydrogens is 363 g/mol. The number of benzene rings is 1. The minimum Gasteiger partial charge on any atom is -0.352 e. The van der Waals surface area contributed by atoms with Crippen LogP contribution in [0.5, 0.6) is 0 Å². The number of amides is 1. The first-order valence-corrected chi connectivity index (χ1v) is 10.1. The third kappa shape index (κ3) is 5.35. The second-order valence-electron chi connectivity index (χ2n) is 5.90. The van der Waals surface area contributed by atoms with Crippen molar-refractivity contribution in [3.63, 3.8) is 0 Å². The molecule has 136 valence electrons. The highest BCUT2D eigenvalue weighted by molar-refractivity contribution is 7.89. The summed E-state index contributed by atoms with van der Waals surface area (Å²) in [6, 6.07) is 7.90. The number of aryl methyl sites for hydroxylation is 1. The Balaban J connectivity index is 1.96. The van der Waals surface area contributed by atoms with E-state index in [1.165, 1.54) is 23.9 Å². The molecule has 0 radical (unpaired) electrons. The van der Waals surface area contributed by atoms with Crippen LogP contribution in [-0.2, 0) is 21.2 Å². The van der Waals surface area contributed by atoms with Crippen LogP contribution >= 0.6 is 11.3 Å². The molecule has 2 rings (SSSR count). The molecule has 1 heterocycles. The van der Waals surface area contributed by atoms with Crippen molar-refractivity contribution in [2.75, 3.05) is 0 Å². The zero-order valence-corrected chi connectivity index (χ0v) is 15.9. The van der Waals surface area contributed by atoms with Gasteiger partial charge in [0.2, 0.25) is 15.9 Å². The van der Waals surface area contributed by atoms with E-state index in [2.05, 4.69) is 10.0 Å². The van der Waals surface area contributed by atoms with E-state index in [0.29, 0.717) is 6.42 Å². The minimum absolute atomic E-state index is 0.147. The average molecular weight is 384 g/mol. The topological polar surface area (TPSA) is 75.3 Å². The predicted octanol–water partition coefficient (Wildman–Crippen LogP) is 2.61. The van der Waals surface area contributed by atoms with Crippen molar-refractivity contribution in [1.82, 2.24) is 10.0 Å². The SMILES string of the molecule is Cc1ccc(CC(C)NC(=O)[C@H](C)NS(=O)(=O)c2ccccc2F)s1. The third-order valence-corrected chi connectivity index (χ3v) is 6.14. The predicted molar refractivity (Wildman–Crippen MR) is 96.5 cm³/mol. The fraction of sp³-hybridized carbons (Fsp3) is 0.353. The van der Waals surface area contributed by atoms with Crippen molar-refractivity contribution in [3.05, 3.63) is 52.0 Å². The van der Waals surface area contributed by atoms with Crippen LogP contribution in [0.25, 0.3) is 0 Å². The molecule has 0 spiro atoms. The molecule has 0 aliphatic rings. The lowest BCUT2D eigenvalue weighted by atomic mass is 10.2. The van der Waals surface area contributed by atoms with Gasteiger partial charge in [0.05, 0.1) is 6.04 Å². The van der Waals surface area contributed by atoms with Gasteiger partial charge in [0.1, 0.15) is 10.7 Å². The molecule has 0 aliphatic carbocycles. The first-order valence-electron chi connectivity index (χ1n) is 7.81. The van der Waals surface area contributed by atoms with Crippen LogP contribution in [0.2, 0.25) is 0 Å². The van der Waals surface area contributed by atoms with Gasteiger partial charge >= 0.3 is 0 Å². The van der Waals surface area contributed by atoms with Crippen molar-refractivity contribution in [2.45, 2.75) is 44.2 Å². The van der Waals surface area contributed by atoms with Crippen molar-refractivity contribution in [2.24, 2.45) is 0 Å². The van der Waals surface area contributed by atoms with E-state index in [9.17, 15) is 17.6 Å². The van der Waals surface area contributed by atoms with Crippen LogP contribution in [-0.4, -0.2) is 26.4 Å². The van der Waals surface area contributed by atoms with Crippen LogP contribution in [0, 0.1) is 12.7 Å². The van der Waals surface area contributed by atoms with Gasteiger partial charge in [-0.15, -0.1) is 11.3 Å². The number of halogens is 1. The highest BCUT2D eigenvalue weighted by Crippen LogP contribution is 2.17. The number of rotatable bonds is 7. The van der Waals surface area contributed by atoms with Gasteiger partial charge in [-0.3, -0.25) is 4.79 Å². The molecule has 2 atom stereocenters. The molecule has 0 aliphatic heterocycles. The molecule has 25 heavy (non-hydrogen) atoms. The van der Waals surface area contributed by atoms with Crippen LogP contribution < -0.4 is 10.0 Å². The van der Waals surface area contributed by atoms with E-state index in [1.54, 1.807) is 11.3 Å². The number of sulfonamides is 1. The van der Waals surface area contributed by atoms with Crippen LogP contribution in [0.1, 0.15) is 23.6 Å². The number of hydrogen-bond donors (Lipinski definition) is 2. The molecule has 1 aromatic heterocycles. The van der Waals surface area contributed by atoms with Crippen molar-refractivity contribution in [3.8, 4) is 0 Å². The second-order valence-corrected chi connectivity index (χ2v) is 8.95. The van der Waals surface area contributed by atoms with E-state index in [-0.39, 0.29) is 6.04 Å². The molecule has 5 nitrogen and oxygen atoms in total. The molecule has 0 saturated heterocycles. The Morgan fingerprint density at radius 2 is 1.88 bits per heavy atom. The van der Waals surface area contributed by atoms with Gasteiger partial charge < -0.3 is 5.32 Å². The van der Waals surface area contributed by atoms with Gasteiger partial charge in [-0.1, -0.05) is 12.1 Å². The van der Waals surface area contributed by atoms with Gasteiger partial charge in [-0.25, -0.2) is 12.8 Å². The molecule has 0 bridgehead atoms. The Labute approximate surface area is 151 Å². The van der Waals surface area contributed by atoms with Gasteiger partial charge in [0.25, 0.3) is 0 Å². The van der Waals surface area contributed by atoms with Crippen molar-refractivity contribution >= 4 is 27.3 Å². The lowest BCUT2D eigenvalue weighted by Crippen LogP contribution is -2.47. The normalized spacial score (nSPS) is 14.1. The van der Waals surface area contributed by atoms with E-state index in [1.807, 2.05) is 26.0 Å². The summed E-state index contributed by atoms with van der Waals surface area (Å²) >= 11 is 1.66. The lowest BCUT2D eigenvalue weighted by molar-refractivity contribution is -0.122. The van der Waals surface area contributed by atoms with Gasteiger partial charge in [0, 0.05) is 22.2 Å². The summed E-state index contributed by atoms with van der Waals surface area (Å²) in [5.74, 6) is -1.32. The summed E-state index contributed by atoms with van der Waals surface area (Å²) in [4.78, 5) is 14.1. The summed E-state index contributed by atoms with van der Waals surface area (Å²) in [5.41, 5.74) is 0. The van der Waals surface area contributed by atoms with Gasteiger partial charge in [0.15, 0.2) is 0 Å². The zero-order valence-electron chi connectivity index (χ0n) is 14.2. The number of carbonyl (C=O) groups is 1. The summed E-state index contributed by atoms with van der Waals surface area (Å²) < 4.78 is 40.3. The van der Waals surface area contributed by atoms with E-state index < -0.39 is 32.7 Å². The maximum atomic E-state index is 13.7. The largest absolute Gasteiger partial charge is 0.352 e. The Morgan fingerprint density at radius 3 is 2.48 bits per heavy atom. The van der Waals surface area contributed by atoms with Crippen LogP contribution in [0.3, 0.4) is 0 Å². The standard InChI is InChI=1S/C17H21FN2O3S2/c1-11(10-14-9-8-12(2)24-14)19-17(21)13(3)20-25(22,23)16-7-5-4-6-15(16)18/h4-9,11,13,20H,10H2,1-3H3,(H,19,21)/t11?,13-/m0/s1. The number of hydrogen-bond acceptors (Lipinski definition) is 4. The summed E-state index contributed by atoms with van der Waals surface area (Å²) in [7, 11) is -4.11. The monoisotopic (exact) mass is 384 g/mol. The highest BCUT2D eigenvalue weighted by atomic mass is 32.2. The smallest absolute Gasteiger partial charge is 0.244 e. The molecule has 1 amide bonds. The molecule has 1 aromatic carbocycles. The Hall–Kier alpha value is -1.77. The maximum absolute atomic E-state index is 13.7. The summed E-state index contributed by atoms with van der Waals surface area (Å²) in [5, 5.41) is 2.77. The van der Waals surface area contributed by atoms with Crippen LogP contribution in [0.15, 0.2) is 41.3 Å². The molecule has 8 heteroatoms. The molecule has 2 aromatic rings. The lowest BCUT2D eigenvalue weighted by Gasteiger charge is -2.18. The molecule has 2 N–H and O–H groups in total. The zero-order chi connectivity index (χ0) is 18.6. The first-order chi connectivity index (χ1) is 11.7. The minimum atomic E-state index is -4.11. The van der Waals surface area contributed by atoms with Crippen molar-refractivity contribution < 1.29 is 17.6 Å². The number of thiophene rings is 1. The Kier molecular flexibility index (Phi) is 6.31. The fourth-order valence-corrected chi connectivity index (χ4v) is 4.63. The number of nitrogens with one attached hydrogen (secondary N) is 2. The maximum Gasteiger partial charge on any atom is 0.244 e. The molecule has 0 saturated carbocycles. The van der Waals surface area contributed by atoms with Crippen LogP contribution in [0.4, 0.5) is 4.39 Å². The average Bonchev–Trinajstić information content (AvgIpc) is 2.91. The summed E-state index contributed by atoms with van der Waals surface area (Å²) in [6.45, 7) is 5.29. The summed E-state index contributed by atoms with van der Waals surface area (Å²) in [6.07, 6.45) is 0.664. The Morgan fingerprint density at radius 1 is 1.20 bits per heavy atom. The molecule has 0 fully saturated rings. The quantitative estimate of drug-likeness (QED) is 0.771. The van der Waals surface area contributed by atoms with Gasteiger partial charge in [-0.2, -0.15) is 4.72 Å². The van der Waals surface area contributed by atoms with Crippen molar-refractivity contribution in [1.29, 1.82) is 0 Å². The van der Waals surface area contributed by atoms with E-state index in [4.69, 9.17) is 0 Å². The van der Waals surface area contributed by atoms with E-state index >= 15 is 0 Å². The molecule has 1 unspecified atom stereocenters. The third-order valence-electron chi connectivity index (χ3n) is 3.54. The fourth-order valence-electron chi connectivity index (χ4n) is 2.33. The van der Waals surface area contributed by atoms with Gasteiger partial charge in [-0.05, 0) is 45.0 Å². The second kappa shape index (κ2) is 8.07. The number of carbonyl (C=O) groups excluding carboxylic acids is 1. The highest BCUT2D eigenvalue weighted by Gasteiger charge is 2.25. The Bertz CT molecular complexity index is 849. The molecular formula is C17H21FN2O3S2. The first kappa shape index (κ1) is 19.6.